The van der Waals surface area contributed by atoms with Crippen molar-refractivity contribution in [3.63, 3.8) is 0 Å². The van der Waals surface area contributed by atoms with Gasteiger partial charge in [0.05, 0.1) is 23.3 Å². The summed E-state index contributed by atoms with van der Waals surface area (Å²) in [6.45, 7) is 7.92. The molecule has 46 heavy (non-hydrogen) atoms. The van der Waals surface area contributed by atoms with Crippen LogP contribution in [0.2, 0.25) is 0 Å². The van der Waals surface area contributed by atoms with Crippen LogP contribution in [0.1, 0.15) is 0 Å². The smallest absolute Gasteiger partial charge is 0.195 e. The second-order valence-electron chi connectivity index (χ2n) is 11.7. The Kier molecular flexibility index (Phi) is 5.88. The predicted octanol–water partition coefficient (Wildman–Crippen LogP) is 12.1. The summed E-state index contributed by atoms with van der Waals surface area (Å²) in [5.74, 6) is 1.75. The van der Waals surface area contributed by atoms with Gasteiger partial charge in [-0.3, -0.25) is 0 Å². The zero-order valence-corrected chi connectivity index (χ0v) is 24.8. The van der Waals surface area contributed by atoms with Crippen molar-refractivity contribution in [2.24, 2.45) is 0 Å². The van der Waals surface area contributed by atoms with Crippen molar-refractivity contribution in [2.75, 3.05) is 0 Å². The Morgan fingerprint density at radius 3 is 1.87 bits per heavy atom. The third kappa shape index (κ3) is 4.13. The van der Waals surface area contributed by atoms with Crippen LogP contribution in [-0.4, -0.2) is 4.57 Å². The Bertz CT molecular complexity index is 2520. The number of fused-ring (bicyclic) bond motifs is 5. The summed E-state index contributed by atoms with van der Waals surface area (Å²) in [4.78, 5) is 3.91. The molecule has 3 heteroatoms. The van der Waals surface area contributed by atoms with Crippen LogP contribution >= 0.6 is 0 Å². The van der Waals surface area contributed by atoms with E-state index < -0.39 is 0 Å². The van der Waals surface area contributed by atoms with Crippen molar-refractivity contribution < 1.29 is 4.74 Å². The average molecular weight is 587 g/mol. The van der Waals surface area contributed by atoms with Crippen LogP contribution in [0.5, 0.6) is 11.5 Å². The number of aromatic nitrogens is 1. The molecule has 0 saturated heterocycles. The summed E-state index contributed by atoms with van der Waals surface area (Å²) < 4.78 is 8.63. The summed E-state index contributed by atoms with van der Waals surface area (Å²) in [5.41, 5.74) is 12.7. The summed E-state index contributed by atoms with van der Waals surface area (Å²) >= 11 is 0. The summed E-state index contributed by atoms with van der Waals surface area (Å²) in [7, 11) is 0. The number of hydrogen-bond donors (Lipinski definition) is 0. The van der Waals surface area contributed by atoms with E-state index in [0.29, 0.717) is 5.69 Å². The van der Waals surface area contributed by atoms with Crippen LogP contribution < -0.4 is 4.74 Å². The summed E-state index contributed by atoms with van der Waals surface area (Å²) in [6.07, 6.45) is 0. The molecule has 3 nitrogen and oxygen atoms in total. The third-order valence-electron chi connectivity index (χ3n) is 9.00. The molecule has 1 aromatic heterocycles. The first kappa shape index (κ1) is 26.1. The molecule has 1 aliphatic rings. The molecular formula is C43H26N2O. The molecule has 8 aromatic rings. The van der Waals surface area contributed by atoms with Crippen LogP contribution in [0.15, 0.2) is 158 Å². The molecule has 214 valence electrons. The predicted molar refractivity (Wildman–Crippen MR) is 189 cm³/mol. The van der Waals surface area contributed by atoms with Gasteiger partial charge >= 0.3 is 0 Å². The van der Waals surface area contributed by atoms with Crippen molar-refractivity contribution in [3.05, 3.63) is 169 Å². The quantitative estimate of drug-likeness (QED) is 0.188. The maximum absolute atomic E-state index is 7.92. The highest BCUT2D eigenvalue weighted by atomic mass is 16.5. The van der Waals surface area contributed by atoms with E-state index in [2.05, 4.69) is 125 Å². The van der Waals surface area contributed by atoms with E-state index in [4.69, 9.17) is 11.3 Å². The van der Waals surface area contributed by atoms with E-state index in [1.807, 2.05) is 42.5 Å². The van der Waals surface area contributed by atoms with E-state index >= 15 is 0 Å². The zero-order valence-electron chi connectivity index (χ0n) is 24.8. The van der Waals surface area contributed by atoms with Gasteiger partial charge in [0.15, 0.2) is 17.2 Å². The number of para-hydroxylation sites is 3. The molecule has 0 spiro atoms. The molecule has 9 rings (SSSR count). The topological polar surface area (TPSA) is 18.5 Å². The lowest BCUT2D eigenvalue weighted by molar-refractivity contribution is 0.476. The monoisotopic (exact) mass is 586 g/mol. The molecular weight excluding hydrogens is 560 g/mol. The van der Waals surface area contributed by atoms with Crippen molar-refractivity contribution in [3.8, 4) is 61.7 Å². The lowest BCUT2D eigenvalue weighted by Crippen LogP contribution is -2.03. The summed E-state index contributed by atoms with van der Waals surface area (Å²) in [5, 5.41) is 2.38. The van der Waals surface area contributed by atoms with Gasteiger partial charge in [-0.2, -0.15) is 0 Å². The van der Waals surface area contributed by atoms with E-state index in [9.17, 15) is 0 Å². The van der Waals surface area contributed by atoms with Crippen LogP contribution in [0.4, 0.5) is 5.69 Å². The second-order valence-corrected chi connectivity index (χ2v) is 11.7. The maximum Gasteiger partial charge on any atom is 0.195 e. The molecule has 0 fully saturated rings. The highest BCUT2D eigenvalue weighted by Crippen LogP contribution is 2.46. The van der Waals surface area contributed by atoms with Gasteiger partial charge in [0.25, 0.3) is 0 Å². The van der Waals surface area contributed by atoms with Crippen molar-refractivity contribution in [2.45, 2.75) is 0 Å². The number of hydrogen-bond acceptors (Lipinski definition) is 1. The van der Waals surface area contributed by atoms with Gasteiger partial charge in [-0.05, 0) is 93.0 Å². The van der Waals surface area contributed by atoms with Gasteiger partial charge < -0.3 is 9.30 Å². The number of ether oxygens (including phenoxy) is 1. The Balaban J connectivity index is 1.11. The first-order chi connectivity index (χ1) is 22.7. The number of rotatable bonds is 4. The van der Waals surface area contributed by atoms with Crippen molar-refractivity contribution >= 4 is 27.5 Å². The lowest BCUT2D eigenvalue weighted by Gasteiger charge is -2.20. The van der Waals surface area contributed by atoms with Gasteiger partial charge in [-0.1, -0.05) is 109 Å². The van der Waals surface area contributed by atoms with E-state index in [1.54, 1.807) is 0 Å². The fraction of sp³-hybridized carbons (Fsp3) is 0. The van der Waals surface area contributed by atoms with Gasteiger partial charge in [-0.25, -0.2) is 4.85 Å². The van der Waals surface area contributed by atoms with Gasteiger partial charge in [0, 0.05) is 10.8 Å². The molecule has 2 heterocycles. The minimum atomic E-state index is 0.653. The highest BCUT2D eigenvalue weighted by molar-refractivity contribution is 6.13. The molecule has 0 saturated carbocycles. The molecule has 0 amide bonds. The SMILES string of the molecule is [C-]#[N+]c1cc(-c2ccccc2)ccc1-c1cccc(-c2cccc(-c3ccc4c(c3)c3cccc5c3n4-c3ccccc3O5)c2)c1. The fourth-order valence-corrected chi connectivity index (χ4v) is 6.82. The van der Waals surface area contributed by atoms with Crippen LogP contribution in [0.3, 0.4) is 0 Å². The Morgan fingerprint density at radius 2 is 1.07 bits per heavy atom. The van der Waals surface area contributed by atoms with E-state index in [0.717, 1.165) is 67.2 Å². The first-order valence-corrected chi connectivity index (χ1v) is 15.4. The molecule has 0 bridgehead atoms. The standard InChI is InChI=1S/C43H26N2O/c1-44-38-27-33(28-10-3-2-4-11-28)20-22-35(38)34-15-8-14-31(25-34)29-12-7-13-30(24-29)32-21-23-39-37(26-32)36-16-9-19-42-43(36)45(39)40-17-5-6-18-41(40)46-42/h2-27H. The Hall–Kier alpha value is -6.37. The van der Waals surface area contributed by atoms with Gasteiger partial charge in [-0.15, -0.1) is 0 Å². The lowest BCUT2D eigenvalue weighted by atomic mass is 9.94. The molecule has 0 N–H and O–H groups in total. The number of benzene rings is 7. The second kappa shape index (κ2) is 10.4. The third-order valence-corrected chi connectivity index (χ3v) is 9.00. The van der Waals surface area contributed by atoms with E-state index in [-0.39, 0.29) is 0 Å². The van der Waals surface area contributed by atoms with Crippen LogP contribution in [0.25, 0.3) is 76.8 Å². The molecule has 7 aromatic carbocycles. The minimum absolute atomic E-state index is 0.653. The first-order valence-electron chi connectivity index (χ1n) is 15.4. The Labute approximate surface area is 267 Å². The minimum Gasteiger partial charge on any atom is -0.453 e. The molecule has 0 aliphatic carbocycles. The maximum atomic E-state index is 7.92. The Morgan fingerprint density at radius 1 is 0.457 bits per heavy atom. The van der Waals surface area contributed by atoms with Gasteiger partial charge in [0.2, 0.25) is 0 Å². The van der Waals surface area contributed by atoms with Crippen LogP contribution in [0, 0.1) is 6.57 Å². The zero-order chi connectivity index (χ0) is 30.6. The largest absolute Gasteiger partial charge is 0.453 e. The average Bonchev–Trinajstić information content (AvgIpc) is 3.47. The molecule has 0 atom stereocenters. The fourth-order valence-electron chi connectivity index (χ4n) is 6.82. The molecule has 1 aliphatic heterocycles. The number of nitrogens with zero attached hydrogens (tertiary/aromatic N) is 2. The van der Waals surface area contributed by atoms with Crippen molar-refractivity contribution in [1.29, 1.82) is 0 Å². The normalized spacial score (nSPS) is 11.6. The van der Waals surface area contributed by atoms with Crippen molar-refractivity contribution in [1.82, 2.24) is 4.57 Å². The molecule has 0 radical (unpaired) electrons. The molecule has 0 unspecified atom stereocenters. The highest BCUT2D eigenvalue weighted by Gasteiger charge is 2.23. The van der Waals surface area contributed by atoms with E-state index in [1.165, 1.54) is 16.3 Å². The summed E-state index contributed by atoms with van der Waals surface area (Å²) in [6, 6.07) is 54.9. The van der Waals surface area contributed by atoms with Crippen LogP contribution in [-0.2, 0) is 0 Å². The van der Waals surface area contributed by atoms with Gasteiger partial charge in [0.1, 0.15) is 0 Å².